The number of nitrogens with two attached hydrogens (primary N) is 1. The van der Waals surface area contributed by atoms with E-state index in [0.29, 0.717) is 5.92 Å². The Morgan fingerprint density at radius 2 is 1.60 bits per heavy atom. The van der Waals surface area contributed by atoms with Gasteiger partial charge in [-0.15, -0.1) is 0 Å². The molecular weight excluding hydrogens is 244 g/mol. The van der Waals surface area contributed by atoms with E-state index in [1.54, 1.807) is 0 Å². The average Bonchev–Trinajstić information content (AvgIpc) is 3.35. The van der Waals surface area contributed by atoms with Gasteiger partial charge in [-0.25, -0.2) is 0 Å². The highest BCUT2D eigenvalue weighted by Crippen LogP contribution is 2.34. The first kappa shape index (κ1) is 14.1. The van der Waals surface area contributed by atoms with Gasteiger partial charge in [-0.05, 0) is 61.1 Å². The van der Waals surface area contributed by atoms with E-state index in [1.807, 2.05) is 0 Å². The molecule has 2 heteroatoms. The summed E-state index contributed by atoms with van der Waals surface area (Å²) >= 11 is 0. The summed E-state index contributed by atoms with van der Waals surface area (Å²) in [6.45, 7) is 6.69. The molecule has 2 aliphatic rings. The van der Waals surface area contributed by atoms with Crippen LogP contribution in [0.2, 0.25) is 0 Å². The topological polar surface area (TPSA) is 29.3 Å². The lowest BCUT2D eigenvalue weighted by Gasteiger charge is -2.22. The average molecular weight is 272 g/mol. The molecule has 2 nitrogen and oxygen atoms in total. The lowest BCUT2D eigenvalue weighted by molar-refractivity contribution is 0.244. The van der Waals surface area contributed by atoms with Crippen LogP contribution in [0.4, 0.5) is 0 Å². The number of rotatable bonds is 8. The van der Waals surface area contributed by atoms with E-state index in [2.05, 4.69) is 36.1 Å². The molecule has 0 bridgehead atoms. The van der Waals surface area contributed by atoms with Gasteiger partial charge in [-0.3, -0.25) is 4.90 Å². The lowest BCUT2D eigenvalue weighted by atomic mass is 10.00. The third-order valence-corrected chi connectivity index (χ3v) is 4.74. The molecule has 3 rings (SSSR count). The van der Waals surface area contributed by atoms with Crippen LogP contribution in [-0.4, -0.2) is 24.5 Å². The second-order valence-corrected chi connectivity index (χ2v) is 6.96. The fraction of sp³-hybridized carbons (Fsp3) is 0.667. The van der Waals surface area contributed by atoms with E-state index in [1.165, 1.54) is 49.9 Å². The first-order chi connectivity index (χ1) is 9.74. The van der Waals surface area contributed by atoms with Gasteiger partial charge in [0.2, 0.25) is 0 Å². The monoisotopic (exact) mass is 272 g/mol. The van der Waals surface area contributed by atoms with Crippen molar-refractivity contribution < 1.29 is 0 Å². The van der Waals surface area contributed by atoms with Crippen LogP contribution < -0.4 is 5.73 Å². The minimum atomic E-state index is 0.470. The molecule has 20 heavy (non-hydrogen) atoms. The Hall–Kier alpha value is -0.860. The van der Waals surface area contributed by atoms with Crippen LogP contribution in [0.5, 0.6) is 0 Å². The van der Waals surface area contributed by atoms with Crippen molar-refractivity contribution >= 4 is 0 Å². The van der Waals surface area contributed by atoms with E-state index >= 15 is 0 Å². The predicted octanol–water partition coefficient (Wildman–Crippen LogP) is 3.37. The molecule has 0 aliphatic heterocycles. The molecule has 1 unspecified atom stereocenters. The van der Waals surface area contributed by atoms with E-state index in [9.17, 15) is 0 Å². The number of hydrogen-bond donors (Lipinski definition) is 1. The van der Waals surface area contributed by atoms with Gasteiger partial charge < -0.3 is 5.73 Å². The molecule has 0 heterocycles. The van der Waals surface area contributed by atoms with Crippen LogP contribution in [-0.2, 0) is 6.54 Å². The van der Waals surface area contributed by atoms with Crippen LogP contribution in [0.3, 0.4) is 0 Å². The number of benzene rings is 1. The fourth-order valence-electron chi connectivity index (χ4n) is 2.88. The second kappa shape index (κ2) is 6.28. The Morgan fingerprint density at radius 3 is 2.05 bits per heavy atom. The summed E-state index contributed by atoms with van der Waals surface area (Å²) in [6, 6.07) is 9.13. The summed E-state index contributed by atoms with van der Waals surface area (Å²) in [7, 11) is 0. The first-order valence-corrected chi connectivity index (χ1v) is 8.26. The SMILES string of the molecule is CC(CN)c1ccc(CN(CC2CC2)CC2CC2)cc1. The van der Waals surface area contributed by atoms with Crippen molar-refractivity contribution in [3.63, 3.8) is 0 Å². The summed E-state index contributed by atoms with van der Waals surface area (Å²) in [5, 5.41) is 0. The van der Waals surface area contributed by atoms with Crippen molar-refractivity contribution in [3.8, 4) is 0 Å². The Balaban J connectivity index is 1.58. The zero-order valence-electron chi connectivity index (χ0n) is 12.7. The van der Waals surface area contributed by atoms with Crippen molar-refractivity contribution in [2.45, 2.75) is 45.1 Å². The largest absolute Gasteiger partial charge is 0.330 e. The predicted molar refractivity (Wildman–Crippen MR) is 84.6 cm³/mol. The Labute approximate surface area is 123 Å². The van der Waals surface area contributed by atoms with Gasteiger partial charge in [0, 0.05) is 19.6 Å². The molecule has 2 fully saturated rings. The summed E-state index contributed by atoms with van der Waals surface area (Å²) in [4.78, 5) is 2.69. The standard InChI is InChI=1S/C18H28N2/c1-14(10-19)18-8-6-17(7-9-18)13-20(11-15-2-3-15)12-16-4-5-16/h6-9,14-16H,2-5,10-13,19H2,1H3. The lowest BCUT2D eigenvalue weighted by Crippen LogP contribution is -2.27. The second-order valence-electron chi connectivity index (χ2n) is 6.96. The maximum absolute atomic E-state index is 5.74. The highest BCUT2D eigenvalue weighted by molar-refractivity contribution is 5.25. The van der Waals surface area contributed by atoms with E-state index in [-0.39, 0.29) is 0 Å². The van der Waals surface area contributed by atoms with Crippen LogP contribution in [0, 0.1) is 11.8 Å². The van der Waals surface area contributed by atoms with Crippen molar-refractivity contribution in [1.82, 2.24) is 4.90 Å². The Kier molecular flexibility index (Phi) is 4.42. The summed E-state index contributed by atoms with van der Waals surface area (Å²) in [5.74, 6) is 2.45. The Bertz CT molecular complexity index is 404. The molecule has 2 aliphatic carbocycles. The molecular formula is C18H28N2. The molecule has 0 aromatic heterocycles. The van der Waals surface area contributed by atoms with Gasteiger partial charge >= 0.3 is 0 Å². The van der Waals surface area contributed by atoms with Gasteiger partial charge in [0.15, 0.2) is 0 Å². The smallest absolute Gasteiger partial charge is 0.0233 e. The van der Waals surface area contributed by atoms with Crippen LogP contribution in [0.25, 0.3) is 0 Å². The molecule has 0 amide bonds. The number of hydrogen-bond acceptors (Lipinski definition) is 2. The van der Waals surface area contributed by atoms with Crippen molar-refractivity contribution in [2.75, 3.05) is 19.6 Å². The van der Waals surface area contributed by atoms with Crippen molar-refractivity contribution in [2.24, 2.45) is 17.6 Å². The van der Waals surface area contributed by atoms with Gasteiger partial charge in [0.25, 0.3) is 0 Å². The molecule has 0 saturated heterocycles. The number of nitrogens with zero attached hydrogens (tertiary/aromatic N) is 1. The van der Waals surface area contributed by atoms with Gasteiger partial charge in [0.05, 0.1) is 0 Å². The molecule has 1 aromatic rings. The molecule has 1 aromatic carbocycles. The Morgan fingerprint density at radius 1 is 1.05 bits per heavy atom. The fourth-order valence-corrected chi connectivity index (χ4v) is 2.88. The van der Waals surface area contributed by atoms with Gasteiger partial charge in [0.1, 0.15) is 0 Å². The van der Waals surface area contributed by atoms with Crippen molar-refractivity contribution in [3.05, 3.63) is 35.4 Å². The summed E-state index contributed by atoms with van der Waals surface area (Å²) < 4.78 is 0. The molecule has 1 atom stereocenters. The van der Waals surface area contributed by atoms with E-state index < -0.39 is 0 Å². The van der Waals surface area contributed by atoms with Crippen molar-refractivity contribution in [1.29, 1.82) is 0 Å². The molecule has 110 valence electrons. The third kappa shape index (κ3) is 4.07. The summed E-state index contributed by atoms with van der Waals surface area (Å²) in [5.41, 5.74) is 8.56. The van der Waals surface area contributed by atoms with Gasteiger partial charge in [-0.2, -0.15) is 0 Å². The molecule has 2 saturated carbocycles. The normalized spacial score (nSPS) is 20.4. The summed E-state index contributed by atoms with van der Waals surface area (Å²) in [6.07, 6.45) is 5.81. The first-order valence-electron chi connectivity index (χ1n) is 8.26. The highest BCUT2D eigenvalue weighted by atomic mass is 15.1. The maximum atomic E-state index is 5.74. The van der Waals surface area contributed by atoms with Crippen LogP contribution in [0.15, 0.2) is 24.3 Å². The minimum absolute atomic E-state index is 0.470. The van der Waals surface area contributed by atoms with Gasteiger partial charge in [-0.1, -0.05) is 31.2 Å². The van der Waals surface area contributed by atoms with E-state index in [4.69, 9.17) is 5.73 Å². The van der Waals surface area contributed by atoms with Crippen LogP contribution in [0.1, 0.15) is 49.7 Å². The third-order valence-electron chi connectivity index (χ3n) is 4.74. The molecule has 2 N–H and O–H groups in total. The van der Waals surface area contributed by atoms with E-state index in [0.717, 1.165) is 24.9 Å². The highest BCUT2D eigenvalue weighted by Gasteiger charge is 2.29. The molecule has 0 spiro atoms. The zero-order chi connectivity index (χ0) is 13.9. The minimum Gasteiger partial charge on any atom is -0.330 e. The molecule has 0 radical (unpaired) electrons. The van der Waals surface area contributed by atoms with Crippen LogP contribution >= 0.6 is 0 Å². The maximum Gasteiger partial charge on any atom is 0.0233 e. The zero-order valence-corrected chi connectivity index (χ0v) is 12.7. The quantitative estimate of drug-likeness (QED) is 0.786.